The maximum absolute atomic E-state index is 13.2. The number of alkyl halides is 1. The second kappa shape index (κ2) is 5.33. The number of aromatic amines is 1. The van der Waals surface area contributed by atoms with E-state index in [2.05, 4.69) is 4.98 Å². The van der Waals surface area contributed by atoms with Crippen molar-refractivity contribution in [1.29, 1.82) is 0 Å². The maximum atomic E-state index is 13.2. The molecular weight excluding hydrogens is 300 g/mol. The first kappa shape index (κ1) is 13.8. The van der Waals surface area contributed by atoms with E-state index in [1.807, 2.05) is 0 Å². The Bertz CT molecular complexity index is 856. The van der Waals surface area contributed by atoms with Gasteiger partial charge in [-0.2, -0.15) is 0 Å². The van der Waals surface area contributed by atoms with Crippen LogP contribution in [0, 0.1) is 11.6 Å². The minimum atomic E-state index is -0.900. The molecule has 1 N–H and O–H groups in total. The van der Waals surface area contributed by atoms with E-state index >= 15 is 0 Å². The summed E-state index contributed by atoms with van der Waals surface area (Å²) in [5, 5.41) is -0.445. The van der Waals surface area contributed by atoms with Crippen LogP contribution >= 0.6 is 11.6 Å². The minimum absolute atomic E-state index is 0.332. The lowest BCUT2D eigenvalue weighted by molar-refractivity contribution is 0.507. The molecule has 21 heavy (non-hydrogen) atoms. The third-order valence-corrected chi connectivity index (χ3v) is 3.61. The molecule has 0 saturated heterocycles. The van der Waals surface area contributed by atoms with Crippen LogP contribution in [-0.2, 0) is 6.42 Å². The highest BCUT2D eigenvalue weighted by Gasteiger charge is 2.13. The standard InChI is InChI=1S/C15H10ClF2NO2/c16-10(5-8-1-3-11(17)12(18)6-8)9-2-4-13-14(7-9)21-15(20)19-13/h1-4,6-7,10H,5H2,(H,19,20). The Morgan fingerprint density at radius 3 is 2.71 bits per heavy atom. The number of nitrogens with one attached hydrogen (secondary N) is 1. The zero-order valence-corrected chi connectivity index (χ0v) is 11.5. The molecule has 0 spiro atoms. The molecule has 0 amide bonds. The molecule has 1 aromatic heterocycles. The van der Waals surface area contributed by atoms with E-state index in [1.54, 1.807) is 18.2 Å². The van der Waals surface area contributed by atoms with Gasteiger partial charge in [0.05, 0.1) is 10.9 Å². The van der Waals surface area contributed by atoms with Gasteiger partial charge in [0.25, 0.3) is 0 Å². The van der Waals surface area contributed by atoms with Crippen molar-refractivity contribution in [2.24, 2.45) is 0 Å². The molecule has 6 heteroatoms. The van der Waals surface area contributed by atoms with Crippen LogP contribution in [0.15, 0.2) is 45.6 Å². The fraction of sp³-hybridized carbons (Fsp3) is 0.133. The summed E-state index contributed by atoms with van der Waals surface area (Å²) in [5.41, 5.74) is 2.31. The molecule has 1 heterocycles. The van der Waals surface area contributed by atoms with Crippen molar-refractivity contribution in [1.82, 2.24) is 4.98 Å². The molecule has 0 aliphatic heterocycles. The highest BCUT2D eigenvalue weighted by molar-refractivity contribution is 6.21. The predicted molar refractivity (Wildman–Crippen MR) is 75.5 cm³/mol. The van der Waals surface area contributed by atoms with Crippen molar-refractivity contribution < 1.29 is 13.2 Å². The van der Waals surface area contributed by atoms with E-state index in [0.717, 1.165) is 17.7 Å². The first-order valence-electron chi connectivity index (χ1n) is 6.24. The van der Waals surface area contributed by atoms with Gasteiger partial charge in [0.2, 0.25) is 0 Å². The molecule has 0 radical (unpaired) electrons. The minimum Gasteiger partial charge on any atom is -0.408 e. The summed E-state index contributed by atoms with van der Waals surface area (Å²) in [6.45, 7) is 0. The van der Waals surface area contributed by atoms with E-state index < -0.39 is 22.8 Å². The number of hydrogen-bond acceptors (Lipinski definition) is 2. The van der Waals surface area contributed by atoms with E-state index in [0.29, 0.717) is 23.1 Å². The number of rotatable bonds is 3. The highest BCUT2D eigenvalue weighted by atomic mass is 35.5. The Hall–Kier alpha value is -2.14. The number of aromatic nitrogens is 1. The fourth-order valence-corrected chi connectivity index (χ4v) is 2.46. The normalized spacial score (nSPS) is 12.7. The van der Waals surface area contributed by atoms with Gasteiger partial charge in [-0.1, -0.05) is 12.1 Å². The molecule has 0 aliphatic carbocycles. The van der Waals surface area contributed by atoms with Gasteiger partial charge in [-0.15, -0.1) is 11.6 Å². The van der Waals surface area contributed by atoms with Crippen LogP contribution in [0.5, 0.6) is 0 Å². The predicted octanol–water partition coefficient (Wildman–Crippen LogP) is 3.92. The second-order valence-electron chi connectivity index (χ2n) is 4.69. The summed E-state index contributed by atoms with van der Waals surface area (Å²) in [6, 6.07) is 8.79. The quantitative estimate of drug-likeness (QED) is 0.745. The monoisotopic (exact) mass is 309 g/mol. The smallest absolute Gasteiger partial charge is 0.408 e. The SMILES string of the molecule is O=c1[nH]c2ccc(C(Cl)Cc3ccc(F)c(F)c3)cc2o1. The Morgan fingerprint density at radius 2 is 1.95 bits per heavy atom. The molecule has 3 rings (SSSR count). The zero-order chi connectivity index (χ0) is 15.0. The number of benzene rings is 2. The fourth-order valence-electron chi connectivity index (χ4n) is 2.15. The third kappa shape index (κ3) is 2.83. The topological polar surface area (TPSA) is 46.0 Å². The summed E-state index contributed by atoms with van der Waals surface area (Å²) in [5.74, 6) is -2.32. The average Bonchev–Trinajstić information content (AvgIpc) is 2.82. The van der Waals surface area contributed by atoms with Crippen LogP contribution in [0.25, 0.3) is 11.1 Å². The molecule has 108 valence electrons. The molecule has 1 unspecified atom stereocenters. The van der Waals surface area contributed by atoms with E-state index in [4.69, 9.17) is 16.0 Å². The lowest BCUT2D eigenvalue weighted by Crippen LogP contribution is -1.97. The van der Waals surface area contributed by atoms with Crippen molar-refractivity contribution in [2.45, 2.75) is 11.8 Å². The average molecular weight is 310 g/mol. The summed E-state index contributed by atoms with van der Waals surface area (Å²) in [7, 11) is 0. The summed E-state index contributed by atoms with van der Waals surface area (Å²) in [6.07, 6.45) is 0.332. The molecule has 3 aromatic rings. The number of fused-ring (bicyclic) bond motifs is 1. The Morgan fingerprint density at radius 1 is 1.14 bits per heavy atom. The molecule has 0 fully saturated rings. The lowest BCUT2D eigenvalue weighted by Gasteiger charge is -2.10. The second-order valence-corrected chi connectivity index (χ2v) is 5.22. The van der Waals surface area contributed by atoms with Gasteiger partial charge in [-0.25, -0.2) is 13.6 Å². The molecule has 3 nitrogen and oxygen atoms in total. The summed E-state index contributed by atoms with van der Waals surface area (Å²) in [4.78, 5) is 13.6. The van der Waals surface area contributed by atoms with E-state index in [9.17, 15) is 13.6 Å². The van der Waals surface area contributed by atoms with Gasteiger partial charge < -0.3 is 4.42 Å². The van der Waals surface area contributed by atoms with Gasteiger partial charge in [-0.3, -0.25) is 4.98 Å². The number of H-pyrrole nitrogens is 1. The zero-order valence-electron chi connectivity index (χ0n) is 10.7. The molecule has 0 aliphatic rings. The van der Waals surface area contributed by atoms with Gasteiger partial charge >= 0.3 is 5.76 Å². The van der Waals surface area contributed by atoms with Crippen molar-refractivity contribution in [3.05, 3.63) is 69.7 Å². The van der Waals surface area contributed by atoms with Crippen LogP contribution < -0.4 is 5.76 Å². The maximum Gasteiger partial charge on any atom is 0.417 e. The molecule has 1 atom stereocenters. The Labute approximate surface area is 123 Å². The summed E-state index contributed by atoms with van der Waals surface area (Å²) >= 11 is 6.29. The first-order chi connectivity index (χ1) is 10.0. The number of halogens is 3. The highest BCUT2D eigenvalue weighted by Crippen LogP contribution is 2.27. The lowest BCUT2D eigenvalue weighted by atomic mass is 10.0. The summed E-state index contributed by atoms with van der Waals surface area (Å²) < 4.78 is 31.0. The molecular formula is C15H10ClF2NO2. The Balaban J connectivity index is 1.87. The Kier molecular flexibility index (Phi) is 3.51. The van der Waals surface area contributed by atoms with E-state index in [1.165, 1.54) is 6.07 Å². The van der Waals surface area contributed by atoms with Crippen molar-refractivity contribution in [3.63, 3.8) is 0 Å². The van der Waals surface area contributed by atoms with Gasteiger partial charge in [-0.05, 0) is 41.8 Å². The molecule has 0 saturated carbocycles. The first-order valence-corrected chi connectivity index (χ1v) is 6.67. The van der Waals surface area contributed by atoms with Crippen molar-refractivity contribution in [2.75, 3.05) is 0 Å². The third-order valence-electron chi connectivity index (χ3n) is 3.21. The van der Waals surface area contributed by atoms with Crippen LogP contribution in [0.4, 0.5) is 8.78 Å². The van der Waals surface area contributed by atoms with Crippen LogP contribution in [0.1, 0.15) is 16.5 Å². The molecule has 0 bridgehead atoms. The van der Waals surface area contributed by atoms with Gasteiger partial charge in [0, 0.05) is 0 Å². The van der Waals surface area contributed by atoms with Crippen molar-refractivity contribution >= 4 is 22.7 Å². The van der Waals surface area contributed by atoms with Gasteiger partial charge in [0.1, 0.15) is 0 Å². The van der Waals surface area contributed by atoms with Gasteiger partial charge in [0.15, 0.2) is 17.2 Å². The number of hydrogen-bond donors (Lipinski definition) is 1. The number of oxazole rings is 1. The van der Waals surface area contributed by atoms with Crippen molar-refractivity contribution in [3.8, 4) is 0 Å². The largest absolute Gasteiger partial charge is 0.417 e. The van der Waals surface area contributed by atoms with Crippen LogP contribution in [0.2, 0.25) is 0 Å². The van der Waals surface area contributed by atoms with Crippen LogP contribution in [0.3, 0.4) is 0 Å². The molecule has 2 aromatic carbocycles. The van der Waals surface area contributed by atoms with Crippen LogP contribution in [-0.4, -0.2) is 4.98 Å². The van der Waals surface area contributed by atoms with E-state index in [-0.39, 0.29) is 0 Å².